The number of hydrogen-bond donors (Lipinski definition) is 3. The van der Waals surface area contributed by atoms with Gasteiger partial charge in [0.1, 0.15) is 0 Å². The van der Waals surface area contributed by atoms with Crippen molar-refractivity contribution in [3.63, 3.8) is 0 Å². The van der Waals surface area contributed by atoms with Gasteiger partial charge in [0.05, 0.1) is 6.61 Å². The first kappa shape index (κ1) is 43.5. The van der Waals surface area contributed by atoms with Crippen LogP contribution in [0, 0.1) is 0 Å². The summed E-state index contributed by atoms with van der Waals surface area (Å²) in [6, 6.07) is 0. The molecule has 0 aromatic carbocycles. The monoisotopic (exact) mass is 664 g/mol. The van der Waals surface area contributed by atoms with E-state index >= 15 is 0 Å². The third kappa shape index (κ3) is 42.5. The third-order valence-electron chi connectivity index (χ3n) is 8.79. The Kier molecular flexibility index (Phi) is 35.9. The molecule has 0 aliphatic rings. The number of thiocarbonyl (C=S) groups is 1. The van der Waals surface area contributed by atoms with Crippen molar-refractivity contribution in [1.82, 2.24) is 0 Å². The van der Waals surface area contributed by atoms with Crippen molar-refractivity contribution in [3.8, 4) is 0 Å². The standard InChI is InChI=1S/C36H73O4PS2/c37-41(38,39)40-35-33-31-29-27-25-23-21-19-17-15-13-11-9-7-5-3-1-2-4-6-8-10-12-14-16-18-20-22-24-26-28-30-32-34-36(42)43/h1-35H2,(H,42,43)(H2,37,38,39). The van der Waals surface area contributed by atoms with E-state index in [-0.39, 0.29) is 6.61 Å². The molecule has 0 aromatic rings. The Morgan fingerprint density at radius 3 is 0.791 bits per heavy atom. The zero-order valence-electron chi connectivity index (χ0n) is 28.3. The van der Waals surface area contributed by atoms with Crippen LogP contribution in [0.1, 0.15) is 218 Å². The van der Waals surface area contributed by atoms with Crippen molar-refractivity contribution >= 4 is 36.9 Å². The van der Waals surface area contributed by atoms with Crippen LogP contribution in [0.3, 0.4) is 0 Å². The highest BCUT2D eigenvalue weighted by Gasteiger charge is 2.12. The highest BCUT2D eigenvalue weighted by atomic mass is 32.1. The Labute approximate surface area is 279 Å². The average Bonchev–Trinajstić information content (AvgIpc) is 2.96. The summed E-state index contributed by atoms with van der Waals surface area (Å²) in [5.41, 5.74) is 0. The van der Waals surface area contributed by atoms with Crippen molar-refractivity contribution in [2.24, 2.45) is 0 Å². The minimum absolute atomic E-state index is 0.168. The summed E-state index contributed by atoms with van der Waals surface area (Å²) in [4.78, 5) is 17.3. The molecule has 0 aliphatic carbocycles. The summed E-state index contributed by atoms with van der Waals surface area (Å²) >= 11 is 9.20. The maximum atomic E-state index is 10.6. The predicted molar refractivity (Wildman–Crippen MR) is 197 cm³/mol. The predicted octanol–water partition coefficient (Wildman–Crippen LogP) is 13.6. The van der Waals surface area contributed by atoms with Crippen LogP contribution >= 0.6 is 32.7 Å². The number of phosphoric acid groups is 1. The first-order valence-corrected chi connectivity index (χ1v) is 21.2. The summed E-state index contributed by atoms with van der Waals surface area (Å²) in [5.74, 6) is 0. The first-order chi connectivity index (χ1) is 20.9. The summed E-state index contributed by atoms with van der Waals surface area (Å²) in [7, 11) is -4.27. The van der Waals surface area contributed by atoms with Crippen molar-refractivity contribution < 1.29 is 18.9 Å². The van der Waals surface area contributed by atoms with E-state index in [0.717, 1.165) is 29.9 Å². The van der Waals surface area contributed by atoms with Crippen LogP contribution in [-0.4, -0.2) is 20.6 Å². The van der Waals surface area contributed by atoms with E-state index in [1.54, 1.807) is 0 Å². The largest absolute Gasteiger partial charge is 0.469 e. The van der Waals surface area contributed by atoms with Crippen LogP contribution < -0.4 is 0 Å². The smallest absolute Gasteiger partial charge is 0.303 e. The minimum Gasteiger partial charge on any atom is -0.303 e. The molecule has 0 spiro atoms. The van der Waals surface area contributed by atoms with Crippen molar-refractivity contribution in [2.75, 3.05) is 6.61 Å². The molecule has 0 saturated carbocycles. The molecule has 0 bridgehead atoms. The molecule has 258 valence electrons. The molecule has 0 unspecified atom stereocenters. The van der Waals surface area contributed by atoms with Gasteiger partial charge in [-0.15, -0.1) is 12.6 Å². The van der Waals surface area contributed by atoms with Crippen LogP contribution in [0.25, 0.3) is 0 Å². The fourth-order valence-corrected chi connectivity index (χ4v) is 6.71. The Hall–Kier alpha value is 0.550. The van der Waals surface area contributed by atoms with E-state index in [4.69, 9.17) is 22.0 Å². The van der Waals surface area contributed by atoms with Crippen molar-refractivity contribution in [2.45, 2.75) is 218 Å². The van der Waals surface area contributed by atoms with Crippen molar-refractivity contribution in [3.05, 3.63) is 0 Å². The molecule has 43 heavy (non-hydrogen) atoms. The lowest BCUT2D eigenvalue weighted by Gasteiger charge is -2.05. The summed E-state index contributed by atoms with van der Waals surface area (Å²) in [6.07, 6.45) is 46.1. The molecule has 7 heteroatoms. The van der Waals surface area contributed by atoms with Gasteiger partial charge >= 0.3 is 7.82 Å². The van der Waals surface area contributed by atoms with Crippen LogP contribution in [-0.2, 0) is 9.09 Å². The van der Waals surface area contributed by atoms with Gasteiger partial charge in [0, 0.05) is 4.20 Å². The lowest BCUT2D eigenvalue weighted by Crippen LogP contribution is -1.92. The van der Waals surface area contributed by atoms with Gasteiger partial charge in [0.25, 0.3) is 0 Å². The molecule has 0 aliphatic heterocycles. The highest BCUT2D eigenvalue weighted by Crippen LogP contribution is 2.35. The fraction of sp³-hybridized carbons (Fsp3) is 0.972. The highest BCUT2D eigenvalue weighted by molar-refractivity contribution is 8.11. The molecule has 4 nitrogen and oxygen atoms in total. The second-order valence-electron chi connectivity index (χ2n) is 13.1. The Bertz CT molecular complexity index is 614. The van der Waals surface area contributed by atoms with Gasteiger partial charge in [-0.1, -0.05) is 211 Å². The number of unbranched alkanes of at least 4 members (excludes halogenated alkanes) is 32. The lowest BCUT2D eigenvalue weighted by atomic mass is 10.0. The molecule has 0 atom stereocenters. The molecule has 0 rings (SSSR count). The zero-order chi connectivity index (χ0) is 31.5. The van der Waals surface area contributed by atoms with Gasteiger partial charge in [-0.2, -0.15) is 0 Å². The molecular formula is C36H73O4PS2. The zero-order valence-corrected chi connectivity index (χ0v) is 30.9. The average molecular weight is 665 g/mol. The van der Waals surface area contributed by atoms with Gasteiger partial charge < -0.3 is 9.79 Å². The molecule has 2 N–H and O–H groups in total. The van der Waals surface area contributed by atoms with Crippen LogP contribution in [0.2, 0.25) is 0 Å². The Morgan fingerprint density at radius 1 is 0.419 bits per heavy atom. The molecule has 0 amide bonds. The van der Waals surface area contributed by atoms with E-state index in [1.807, 2.05) is 0 Å². The van der Waals surface area contributed by atoms with E-state index in [9.17, 15) is 4.57 Å². The summed E-state index contributed by atoms with van der Waals surface area (Å²) in [6.45, 7) is 0.168. The molecular weight excluding hydrogens is 592 g/mol. The third-order valence-corrected chi connectivity index (χ3v) is 9.74. The Morgan fingerprint density at radius 2 is 0.605 bits per heavy atom. The summed E-state index contributed by atoms with van der Waals surface area (Å²) < 4.78 is 15.9. The molecule has 0 heterocycles. The van der Waals surface area contributed by atoms with E-state index < -0.39 is 7.82 Å². The van der Waals surface area contributed by atoms with Crippen molar-refractivity contribution in [1.29, 1.82) is 0 Å². The van der Waals surface area contributed by atoms with Gasteiger partial charge in [-0.05, 0) is 19.3 Å². The number of phosphoric ester groups is 1. The number of thiol groups is 1. The molecule has 0 fully saturated rings. The lowest BCUT2D eigenvalue weighted by molar-refractivity contribution is 0.193. The van der Waals surface area contributed by atoms with E-state index in [2.05, 4.69) is 17.2 Å². The van der Waals surface area contributed by atoms with Gasteiger partial charge in [-0.3, -0.25) is 4.52 Å². The maximum Gasteiger partial charge on any atom is 0.469 e. The van der Waals surface area contributed by atoms with E-state index in [1.165, 1.54) is 193 Å². The number of hydrogen-bond acceptors (Lipinski definition) is 3. The van der Waals surface area contributed by atoms with Gasteiger partial charge in [0.15, 0.2) is 0 Å². The SMILES string of the molecule is O=P(O)(O)OCCCCCCCCCCCCCCCCCCCCCCCCCCCCCCCCCCCC(=S)S. The van der Waals surface area contributed by atoms with Crippen LogP contribution in [0.4, 0.5) is 0 Å². The second-order valence-corrected chi connectivity index (χ2v) is 15.7. The Balaban J connectivity index is 3.06. The molecule has 0 aromatic heterocycles. The quantitative estimate of drug-likeness (QED) is 0.0267. The van der Waals surface area contributed by atoms with Gasteiger partial charge in [0.2, 0.25) is 0 Å². The topological polar surface area (TPSA) is 66.8 Å². The van der Waals surface area contributed by atoms with E-state index in [0.29, 0.717) is 0 Å². The second kappa shape index (κ2) is 35.4. The van der Waals surface area contributed by atoms with Crippen LogP contribution in [0.15, 0.2) is 0 Å². The minimum atomic E-state index is -4.27. The van der Waals surface area contributed by atoms with Gasteiger partial charge in [-0.25, -0.2) is 4.57 Å². The van der Waals surface area contributed by atoms with Crippen LogP contribution in [0.5, 0.6) is 0 Å². The number of rotatable bonds is 37. The molecule has 0 saturated heterocycles. The molecule has 0 radical (unpaired) electrons. The normalized spacial score (nSPS) is 11.9. The first-order valence-electron chi connectivity index (χ1n) is 18.8. The maximum absolute atomic E-state index is 10.6. The summed E-state index contributed by atoms with van der Waals surface area (Å²) in [5, 5.41) is 0. The fourth-order valence-electron chi connectivity index (χ4n) is 6.04.